The highest BCUT2D eigenvalue weighted by atomic mass is 32.2. The molecule has 0 saturated carbocycles. The Bertz CT molecular complexity index is 275. The Labute approximate surface area is 67.2 Å². The van der Waals surface area contributed by atoms with Crippen molar-refractivity contribution in [2.45, 2.75) is 13.8 Å². The first-order valence-electron chi connectivity index (χ1n) is 2.96. The molecule has 0 amide bonds. The van der Waals surface area contributed by atoms with E-state index in [1.165, 1.54) is 0 Å². The Hall–Kier alpha value is -0.790. The highest BCUT2D eigenvalue weighted by Crippen LogP contribution is 1.99. The molecule has 0 heterocycles. The summed E-state index contributed by atoms with van der Waals surface area (Å²) in [6, 6.07) is 0. The third-order valence-corrected chi connectivity index (χ3v) is 1.89. The van der Waals surface area contributed by atoms with Crippen LogP contribution in [0.1, 0.15) is 13.8 Å². The molecule has 0 bridgehead atoms. The fourth-order valence-corrected chi connectivity index (χ4v) is 1.32. The van der Waals surface area contributed by atoms with E-state index in [1.54, 1.807) is 13.8 Å². The maximum Gasteiger partial charge on any atom is 0.290 e. The largest absolute Gasteiger partial charge is 0.290 e. The molecule has 0 rings (SSSR count). The van der Waals surface area contributed by atoms with Gasteiger partial charge in [0.25, 0.3) is 10.1 Å². The third-order valence-electron chi connectivity index (χ3n) is 0.687. The molecule has 0 N–H and O–H groups in total. The predicted octanol–water partition coefficient (Wildman–Crippen LogP) is 0.890. The molecule has 0 unspecified atom stereocenters. The molecule has 0 atom stereocenters. The molecular formula is C7H10O3S. The van der Waals surface area contributed by atoms with Crippen molar-refractivity contribution < 1.29 is 12.6 Å². The number of allylic oxidation sites excluding steroid dienone is 1. The van der Waals surface area contributed by atoms with Crippen LogP contribution in [0.3, 0.4) is 0 Å². The van der Waals surface area contributed by atoms with Crippen molar-refractivity contribution in [3.63, 3.8) is 0 Å². The topological polar surface area (TPSA) is 43.4 Å². The van der Waals surface area contributed by atoms with Crippen LogP contribution in [0.4, 0.5) is 0 Å². The second-order valence-electron chi connectivity index (χ2n) is 2.15. The maximum absolute atomic E-state index is 10.8. The summed E-state index contributed by atoms with van der Waals surface area (Å²) in [5.41, 5.74) is 0.655. The smallest absolute Gasteiger partial charge is 0.254 e. The van der Waals surface area contributed by atoms with Gasteiger partial charge < -0.3 is 0 Å². The quantitative estimate of drug-likeness (QED) is 0.471. The third kappa shape index (κ3) is 5.64. The molecule has 0 aromatic heterocycles. The number of hydrogen-bond acceptors (Lipinski definition) is 3. The van der Waals surface area contributed by atoms with Gasteiger partial charge >= 0.3 is 0 Å². The molecule has 0 radical (unpaired) electrons. The standard InChI is InChI=1S/C7H10O3S/c1-4-5-10-11(8,9)6-7(2)3/h1,6H,5H2,2-3H3. The van der Waals surface area contributed by atoms with Gasteiger partial charge in [0.05, 0.1) is 5.41 Å². The SMILES string of the molecule is C#CCOS(=O)(=O)C=C(C)C. The summed E-state index contributed by atoms with van der Waals surface area (Å²) in [7, 11) is -3.55. The van der Waals surface area contributed by atoms with E-state index in [0.717, 1.165) is 5.41 Å². The summed E-state index contributed by atoms with van der Waals surface area (Å²) in [4.78, 5) is 0. The van der Waals surface area contributed by atoms with Gasteiger partial charge in [-0.15, -0.1) is 6.42 Å². The van der Waals surface area contributed by atoms with E-state index in [4.69, 9.17) is 6.42 Å². The zero-order valence-electron chi connectivity index (χ0n) is 6.49. The molecule has 0 fully saturated rings. The van der Waals surface area contributed by atoms with Crippen molar-refractivity contribution in [1.82, 2.24) is 0 Å². The van der Waals surface area contributed by atoms with Gasteiger partial charge in [0.2, 0.25) is 0 Å². The van der Waals surface area contributed by atoms with Gasteiger partial charge in [0.1, 0.15) is 6.61 Å². The van der Waals surface area contributed by atoms with Gasteiger partial charge in [-0.3, -0.25) is 4.18 Å². The zero-order valence-corrected chi connectivity index (χ0v) is 7.31. The summed E-state index contributed by atoms with van der Waals surface area (Å²) in [5, 5.41) is 1.03. The highest BCUT2D eigenvalue weighted by Gasteiger charge is 2.04. The molecule has 11 heavy (non-hydrogen) atoms. The molecule has 0 aliphatic carbocycles. The van der Waals surface area contributed by atoms with E-state index in [9.17, 15) is 8.42 Å². The fourth-order valence-electron chi connectivity index (χ4n) is 0.439. The van der Waals surface area contributed by atoms with Crippen LogP contribution in [-0.2, 0) is 14.3 Å². The number of terminal acetylenes is 1. The lowest BCUT2D eigenvalue weighted by molar-refractivity contribution is 0.370. The summed E-state index contributed by atoms with van der Waals surface area (Å²) < 4.78 is 26.0. The molecule has 0 aliphatic heterocycles. The van der Waals surface area contributed by atoms with Gasteiger partial charge in [-0.2, -0.15) is 8.42 Å². The Morgan fingerprint density at radius 2 is 2.18 bits per heavy atom. The van der Waals surface area contributed by atoms with Gasteiger partial charge in [-0.25, -0.2) is 0 Å². The Morgan fingerprint density at radius 1 is 1.64 bits per heavy atom. The Balaban J connectivity index is 4.29. The second kappa shape index (κ2) is 4.16. The Kier molecular flexibility index (Phi) is 3.86. The highest BCUT2D eigenvalue weighted by molar-refractivity contribution is 7.89. The summed E-state index contributed by atoms with van der Waals surface area (Å²) in [6.07, 6.45) is 4.81. The monoisotopic (exact) mass is 174 g/mol. The van der Waals surface area contributed by atoms with Crippen molar-refractivity contribution in [3.05, 3.63) is 11.0 Å². The molecule has 0 aromatic carbocycles. The lowest BCUT2D eigenvalue weighted by atomic mass is 10.4. The molecule has 0 aromatic rings. The van der Waals surface area contributed by atoms with E-state index >= 15 is 0 Å². The second-order valence-corrected chi connectivity index (χ2v) is 3.61. The lowest BCUT2D eigenvalue weighted by Crippen LogP contribution is -2.02. The minimum atomic E-state index is -3.55. The molecule has 4 heteroatoms. The molecule has 0 spiro atoms. The van der Waals surface area contributed by atoms with Crippen LogP contribution < -0.4 is 0 Å². The minimum Gasteiger partial charge on any atom is -0.254 e. The van der Waals surface area contributed by atoms with Gasteiger partial charge in [0.15, 0.2) is 0 Å². The van der Waals surface area contributed by atoms with Crippen molar-refractivity contribution in [3.8, 4) is 12.3 Å². The van der Waals surface area contributed by atoms with Gasteiger partial charge in [-0.1, -0.05) is 11.5 Å². The average Bonchev–Trinajstić information content (AvgIpc) is 1.81. The first-order valence-corrected chi connectivity index (χ1v) is 4.43. The predicted molar refractivity (Wildman–Crippen MR) is 43.1 cm³/mol. The molecule has 62 valence electrons. The number of rotatable bonds is 3. The van der Waals surface area contributed by atoms with Crippen LogP contribution in [-0.4, -0.2) is 15.0 Å². The van der Waals surface area contributed by atoms with E-state index in [0.29, 0.717) is 5.57 Å². The summed E-state index contributed by atoms with van der Waals surface area (Å²) >= 11 is 0. The van der Waals surface area contributed by atoms with E-state index < -0.39 is 10.1 Å². The molecule has 0 aliphatic rings. The first kappa shape index (κ1) is 10.2. The molecule has 0 saturated heterocycles. The summed E-state index contributed by atoms with van der Waals surface area (Å²) in [5.74, 6) is 2.07. The van der Waals surface area contributed by atoms with Gasteiger partial charge in [-0.05, 0) is 13.8 Å². The Morgan fingerprint density at radius 3 is 2.55 bits per heavy atom. The number of hydrogen-bond donors (Lipinski definition) is 0. The van der Waals surface area contributed by atoms with Crippen molar-refractivity contribution in [1.29, 1.82) is 0 Å². The normalized spacial score (nSPS) is 10.3. The van der Waals surface area contributed by atoms with Crippen LogP contribution >= 0.6 is 0 Å². The van der Waals surface area contributed by atoms with Crippen LogP contribution in [0, 0.1) is 12.3 Å². The van der Waals surface area contributed by atoms with Crippen molar-refractivity contribution >= 4 is 10.1 Å². The maximum atomic E-state index is 10.8. The van der Waals surface area contributed by atoms with Crippen molar-refractivity contribution in [2.24, 2.45) is 0 Å². The first-order chi connectivity index (χ1) is 4.98. The summed E-state index contributed by atoms with van der Waals surface area (Å²) in [6.45, 7) is 3.11. The van der Waals surface area contributed by atoms with E-state index in [2.05, 4.69) is 10.1 Å². The van der Waals surface area contributed by atoms with Crippen molar-refractivity contribution in [2.75, 3.05) is 6.61 Å². The molecule has 3 nitrogen and oxygen atoms in total. The zero-order chi connectivity index (χ0) is 8.91. The van der Waals surface area contributed by atoms with E-state index in [1.807, 2.05) is 0 Å². The minimum absolute atomic E-state index is 0.216. The van der Waals surface area contributed by atoms with Crippen LogP contribution in [0.5, 0.6) is 0 Å². The lowest BCUT2D eigenvalue weighted by Gasteiger charge is -1.95. The van der Waals surface area contributed by atoms with Gasteiger partial charge in [0, 0.05) is 0 Å². The van der Waals surface area contributed by atoms with Crippen LogP contribution in [0.25, 0.3) is 0 Å². The van der Waals surface area contributed by atoms with Crippen LogP contribution in [0.2, 0.25) is 0 Å². The van der Waals surface area contributed by atoms with Crippen LogP contribution in [0.15, 0.2) is 11.0 Å². The average molecular weight is 174 g/mol. The van der Waals surface area contributed by atoms with E-state index in [-0.39, 0.29) is 6.61 Å². The molecular weight excluding hydrogens is 164 g/mol. The fraction of sp³-hybridized carbons (Fsp3) is 0.429.